The van der Waals surface area contributed by atoms with Crippen molar-refractivity contribution in [2.75, 3.05) is 5.43 Å². The van der Waals surface area contributed by atoms with Gasteiger partial charge in [-0.25, -0.2) is 9.37 Å². The van der Waals surface area contributed by atoms with E-state index in [0.29, 0.717) is 15.7 Å². The number of benzene rings is 1. The first-order valence-corrected chi connectivity index (χ1v) is 6.90. The molecule has 0 aliphatic rings. The molecule has 0 aliphatic heterocycles. The fraction of sp³-hybridized carbons (Fsp3) is 0.154. The number of carbonyl (C=O) groups excluding carboxylic acids is 1. The number of thiazole rings is 1. The summed E-state index contributed by atoms with van der Waals surface area (Å²) in [4.78, 5) is 16.0. The zero-order valence-corrected chi connectivity index (χ0v) is 12.3. The molecular weight excluding hydrogens is 301 g/mol. The standard InChI is InChI=1S/C13H11ClFN3OS/c1-7-12(8(2)19)20-13(17-7)18-16-6-9-10(14)4-3-5-11(9)15/h3-6H,1-2H3,(H,17,18). The summed E-state index contributed by atoms with van der Waals surface area (Å²) in [7, 11) is 0. The van der Waals surface area contributed by atoms with Crippen LogP contribution in [0.3, 0.4) is 0 Å². The summed E-state index contributed by atoms with van der Waals surface area (Å²) in [5.41, 5.74) is 3.50. The minimum absolute atomic E-state index is 0.0471. The Morgan fingerprint density at radius 3 is 2.90 bits per heavy atom. The van der Waals surface area contributed by atoms with E-state index in [9.17, 15) is 9.18 Å². The Bertz CT molecular complexity index is 664. The number of ketones is 1. The molecule has 104 valence electrons. The van der Waals surface area contributed by atoms with Gasteiger partial charge in [0.15, 0.2) is 5.78 Å². The third-order valence-corrected chi connectivity index (χ3v) is 3.96. The molecule has 0 bridgehead atoms. The van der Waals surface area contributed by atoms with Crippen LogP contribution in [0.2, 0.25) is 5.02 Å². The second kappa shape index (κ2) is 6.11. The number of carbonyl (C=O) groups is 1. The Balaban J connectivity index is 2.14. The number of halogens is 2. The maximum absolute atomic E-state index is 13.5. The third kappa shape index (κ3) is 3.20. The average Bonchev–Trinajstić information content (AvgIpc) is 2.74. The molecule has 20 heavy (non-hydrogen) atoms. The highest BCUT2D eigenvalue weighted by Crippen LogP contribution is 2.23. The summed E-state index contributed by atoms with van der Waals surface area (Å²) in [6.07, 6.45) is 1.28. The second-order valence-electron chi connectivity index (χ2n) is 4.00. The summed E-state index contributed by atoms with van der Waals surface area (Å²) in [6.45, 7) is 3.22. The van der Waals surface area contributed by atoms with Crippen LogP contribution in [0, 0.1) is 12.7 Å². The van der Waals surface area contributed by atoms with Gasteiger partial charge in [-0.1, -0.05) is 29.0 Å². The van der Waals surface area contributed by atoms with Crippen molar-refractivity contribution >= 4 is 40.1 Å². The van der Waals surface area contributed by atoms with Crippen molar-refractivity contribution < 1.29 is 9.18 Å². The van der Waals surface area contributed by atoms with Gasteiger partial charge in [-0.2, -0.15) is 5.10 Å². The Morgan fingerprint density at radius 2 is 2.30 bits per heavy atom. The number of rotatable bonds is 4. The van der Waals surface area contributed by atoms with Gasteiger partial charge in [0.25, 0.3) is 0 Å². The normalized spacial score (nSPS) is 11.0. The molecule has 0 saturated heterocycles. The lowest BCUT2D eigenvalue weighted by Gasteiger charge is -1.99. The fourth-order valence-electron chi connectivity index (χ4n) is 1.56. The van der Waals surface area contributed by atoms with Crippen molar-refractivity contribution in [1.82, 2.24) is 4.98 Å². The van der Waals surface area contributed by atoms with Crippen LogP contribution >= 0.6 is 22.9 Å². The Labute approximate surface area is 124 Å². The Hall–Kier alpha value is -1.79. The van der Waals surface area contributed by atoms with Crippen molar-refractivity contribution in [3.05, 3.63) is 45.2 Å². The topological polar surface area (TPSA) is 54.4 Å². The Morgan fingerprint density at radius 1 is 1.55 bits per heavy atom. The van der Waals surface area contributed by atoms with Crippen LogP contribution in [0.15, 0.2) is 23.3 Å². The third-order valence-electron chi connectivity index (χ3n) is 2.47. The quantitative estimate of drug-likeness (QED) is 0.529. The fourth-order valence-corrected chi connectivity index (χ4v) is 2.58. The van der Waals surface area contributed by atoms with Gasteiger partial charge in [0.1, 0.15) is 5.82 Å². The van der Waals surface area contributed by atoms with Crippen LogP contribution in [-0.2, 0) is 0 Å². The molecule has 1 N–H and O–H groups in total. The molecule has 0 spiro atoms. The van der Waals surface area contributed by atoms with Crippen molar-refractivity contribution in [3.63, 3.8) is 0 Å². The number of nitrogens with zero attached hydrogens (tertiary/aromatic N) is 2. The van der Waals surface area contributed by atoms with Crippen molar-refractivity contribution in [1.29, 1.82) is 0 Å². The largest absolute Gasteiger partial charge is 0.294 e. The molecule has 0 unspecified atom stereocenters. The van der Waals surface area contributed by atoms with E-state index in [0.717, 1.165) is 0 Å². The first kappa shape index (κ1) is 14.6. The molecule has 7 heteroatoms. The highest BCUT2D eigenvalue weighted by Gasteiger charge is 2.10. The molecule has 0 radical (unpaired) electrons. The number of Topliss-reactive ketones (excluding diaryl/α,β-unsaturated/α-hetero) is 1. The average molecular weight is 312 g/mol. The molecule has 2 aromatic rings. The lowest BCUT2D eigenvalue weighted by atomic mass is 10.2. The molecule has 1 heterocycles. The summed E-state index contributed by atoms with van der Waals surface area (Å²) in [5.74, 6) is -0.503. The van der Waals surface area contributed by atoms with Gasteiger partial charge < -0.3 is 0 Å². The maximum atomic E-state index is 13.5. The predicted octanol–water partition coefficient (Wildman–Crippen LogP) is 3.89. The Kier molecular flexibility index (Phi) is 4.46. The predicted molar refractivity (Wildman–Crippen MR) is 79.5 cm³/mol. The zero-order valence-electron chi connectivity index (χ0n) is 10.8. The highest BCUT2D eigenvalue weighted by molar-refractivity contribution is 7.17. The zero-order chi connectivity index (χ0) is 14.7. The molecular formula is C13H11ClFN3OS. The molecule has 0 fully saturated rings. The lowest BCUT2D eigenvalue weighted by molar-refractivity contribution is 0.102. The van der Waals surface area contributed by atoms with Gasteiger partial charge in [0.2, 0.25) is 5.13 Å². The van der Waals surface area contributed by atoms with Gasteiger partial charge in [-0.05, 0) is 19.1 Å². The minimum Gasteiger partial charge on any atom is -0.294 e. The molecule has 0 aliphatic carbocycles. The summed E-state index contributed by atoms with van der Waals surface area (Å²) in [5, 5.41) is 4.63. The van der Waals surface area contributed by atoms with E-state index < -0.39 is 5.82 Å². The molecule has 1 aromatic heterocycles. The van der Waals surface area contributed by atoms with Gasteiger partial charge in [0.05, 0.1) is 21.8 Å². The summed E-state index contributed by atoms with van der Waals surface area (Å²) >= 11 is 7.06. The highest BCUT2D eigenvalue weighted by atomic mass is 35.5. The number of anilines is 1. The van der Waals surface area contributed by atoms with E-state index in [4.69, 9.17) is 11.6 Å². The van der Waals surface area contributed by atoms with Crippen LogP contribution < -0.4 is 5.43 Å². The first-order valence-electron chi connectivity index (χ1n) is 5.70. The van der Waals surface area contributed by atoms with Crippen LogP contribution in [0.5, 0.6) is 0 Å². The van der Waals surface area contributed by atoms with Gasteiger partial charge in [0, 0.05) is 12.5 Å². The van der Waals surface area contributed by atoms with Gasteiger partial charge >= 0.3 is 0 Å². The molecule has 4 nitrogen and oxygen atoms in total. The van der Waals surface area contributed by atoms with E-state index >= 15 is 0 Å². The number of aromatic nitrogens is 1. The molecule has 2 rings (SSSR count). The second-order valence-corrected chi connectivity index (χ2v) is 5.40. The van der Waals surface area contributed by atoms with Crippen molar-refractivity contribution in [3.8, 4) is 0 Å². The van der Waals surface area contributed by atoms with E-state index in [1.54, 1.807) is 13.0 Å². The minimum atomic E-state index is -0.456. The number of aryl methyl sites for hydroxylation is 1. The van der Waals surface area contributed by atoms with Crippen molar-refractivity contribution in [2.24, 2.45) is 5.10 Å². The number of hydrogen-bond acceptors (Lipinski definition) is 5. The molecule has 1 aromatic carbocycles. The smallest absolute Gasteiger partial charge is 0.204 e. The first-order chi connectivity index (χ1) is 9.49. The number of hydrogen-bond donors (Lipinski definition) is 1. The van der Waals surface area contributed by atoms with Crippen LogP contribution in [0.1, 0.15) is 27.9 Å². The van der Waals surface area contributed by atoms with Gasteiger partial charge in [-0.3, -0.25) is 10.2 Å². The molecule has 0 saturated carbocycles. The lowest BCUT2D eigenvalue weighted by Crippen LogP contribution is -1.93. The van der Waals surface area contributed by atoms with Crippen LogP contribution in [0.25, 0.3) is 0 Å². The van der Waals surface area contributed by atoms with Gasteiger partial charge in [-0.15, -0.1) is 0 Å². The van der Waals surface area contributed by atoms with E-state index in [1.165, 1.54) is 36.6 Å². The molecule has 0 atom stereocenters. The monoisotopic (exact) mass is 311 g/mol. The molecule has 0 amide bonds. The summed E-state index contributed by atoms with van der Waals surface area (Å²) in [6, 6.07) is 4.40. The maximum Gasteiger partial charge on any atom is 0.204 e. The van der Waals surface area contributed by atoms with E-state index in [-0.39, 0.29) is 16.4 Å². The van der Waals surface area contributed by atoms with Crippen molar-refractivity contribution in [2.45, 2.75) is 13.8 Å². The number of hydrazone groups is 1. The summed E-state index contributed by atoms with van der Waals surface area (Å²) < 4.78 is 13.5. The number of nitrogens with one attached hydrogen (secondary N) is 1. The van der Waals surface area contributed by atoms with E-state index in [1.807, 2.05) is 0 Å². The SMILES string of the molecule is CC(=O)c1sc(NN=Cc2c(F)cccc2Cl)nc1C. The van der Waals surface area contributed by atoms with Crippen LogP contribution in [-0.4, -0.2) is 17.0 Å². The van der Waals surface area contributed by atoms with Crippen LogP contribution in [0.4, 0.5) is 9.52 Å². The van der Waals surface area contributed by atoms with E-state index in [2.05, 4.69) is 15.5 Å².